The summed E-state index contributed by atoms with van der Waals surface area (Å²) in [7, 11) is 1.59. The Morgan fingerprint density at radius 3 is 2.25 bits per heavy atom. The Morgan fingerprint density at radius 2 is 1.67 bits per heavy atom. The summed E-state index contributed by atoms with van der Waals surface area (Å²) in [5.41, 5.74) is 1.75. The molecule has 1 saturated heterocycles. The molecule has 0 bridgehead atoms. The van der Waals surface area contributed by atoms with Crippen molar-refractivity contribution in [1.29, 1.82) is 0 Å². The molecule has 2 aromatic rings. The van der Waals surface area contributed by atoms with Crippen molar-refractivity contribution in [2.45, 2.75) is 19.0 Å². The number of carboxylic acid groups (broad SMARTS) is 1. The van der Waals surface area contributed by atoms with Crippen LogP contribution in [0.2, 0.25) is 0 Å². The molecule has 1 heterocycles. The van der Waals surface area contributed by atoms with E-state index in [1.54, 1.807) is 24.1 Å². The molecule has 1 aliphatic rings. The van der Waals surface area contributed by atoms with E-state index in [1.165, 1.54) is 5.56 Å². The minimum absolute atomic E-state index is 0.0760. The van der Waals surface area contributed by atoms with Crippen LogP contribution in [0.15, 0.2) is 54.6 Å². The first-order valence-corrected chi connectivity index (χ1v) is 11.4. The highest BCUT2D eigenvalue weighted by atomic mass is 19.4. The van der Waals surface area contributed by atoms with Gasteiger partial charge >= 0.3 is 12.1 Å². The third kappa shape index (κ3) is 9.57. The fraction of sp³-hybridized carbons (Fsp3) is 0.400. The Morgan fingerprint density at radius 1 is 1.03 bits per heavy atom. The largest absolute Gasteiger partial charge is 0.497 e. The number of aliphatic carboxylic acids is 1. The van der Waals surface area contributed by atoms with Gasteiger partial charge in [-0.1, -0.05) is 36.4 Å². The van der Waals surface area contributed by atoms with Crippen molar-refractivity contribution < 1.29 is 37.4 Å². The number of ether oxygens (including phenoxy) is 1. The minimum atomic E-state index is -5.08. The molecule has 2 aromatic carbocycles. The van der Waals surface area contributed by atoms with Crippen LogP contribution in [-0.2, 0) is 16.0 Å². The number of carbonyl (C=O) groups excluding carboxylic acids is 2. The van der Waals surface area contributed by atoms with Gasteiger partial charge in [-0.15, -0.1) is 0 Å². The average Bonchev–Trinajstić information content (AvgIpc) is 2.89. The van der Waals surface area contributed by atoms with Gasteiger partial charge in [-0.3, -0.25) is 9.59 Å². The number of piperazine rings is 1. The van der Waals surface area contributed by atoms with Crippen molar-refractivity contribution >= 4 is 17.8 Å². The van der Waals surface area contributed by atoms with E-state index in [0.29, 0.717) is 30.8 Å². The van der Waals surface area contributed by atoms with Gasteiger partial charge in [0.05, 0.1) is 7.11 Å². The SMILES string of the molecule is COc1cccc(C(=O)N(CCC(=O)N2CCNCC2)CCc2ccccc2)c1.O=C(O)C(F)(F)F. The van der Waals surface area contributed by atoms with Crippen LogP contribution < -0.4 is 10.1 Å². The molecule has 3 rings (SSSR count). The molecule has 1 aliphatic heterocycles. The summed E-state index contributed by atoms with van der Waals surface area (Å²) in [4.78, 5) is 38.3. The van der Waals surface area contributed by atoms with E-state index in [0.717, 1.165) is 32.6 Å². The number of benzene rings is 2. The van der Waals surface area contributed by atoms with Crippen molar-refractivity contribution in [2.75, 3.05) is 46.4 Å². The third-order valence-electron chi connectivity index (χ3n) is 5.42. The molecule has 196 valence electrons. The van der Waals surface area contributed by atoms with Crippen molar-refractivity contribution in [1.82, 2.24) is 15.1 Å². The maximum Gasteiger partial charge on any atom is 0.490 e. The number of carbonyl (C=O) groups is 3. The van der Waals surface area contributed by atoms with Crippen LogP contribution in [0.4, 0.5) is 13.2 Å². The molecular weight excluding hydrogens is 479 g/mol. The zero-order valence-electron chi connectivity index (χ0n) is 20.0. The van der Waals surface area contributed by atoms with Crippen LogP contribution in [0.1, 0.15) is 22.3 Å². The van der Waals surface area contributed by atoms with Crippen LogP contribution in [0.3, 0.4) is 0 Å². The molecular formula is C25H30F3N3O5. The number of rotatable bonds is 8. The molecule has 1 fully saturated rings. The van der Waals surface area contributed by atoms with E-state index in [1.807, 2.05) is 35.2 Å². The molecule has 0 radical (unpaired) electrons. The molecule has 2 N–H and O–H groups in total. The summed E-state index contributed by atoms with van der Waals surface area (Å²) < 4.78 is 37.0. The lowest BCUT2D eigenvalue weighted by Gasteiger charge is -2.29. The maximum atomic E-state index is 13.2. The van der Waals surface area contributed by atoms with Crippen molar-refractivity contribution in [3.63, 3.8) is 0 Å². The molecule has 2 amide bonds. The Balaban J connectivity index is 0.000000572. The van der Waals surface area contributed by atoms with Gasteiger partial charge in [0.15, 0.2) is 0 Å². The fourth-order valence-corrected chi connectivity index (χ4v) is 3.47. The first-order valence-electron chi connectivity index (χ1n) is 11.4. The average molecular weight is 510 g/mol. The summed E-state index contributed by atoms with van der Waals surface area (Å²) in [6.07, 6.45) is -4.00. The van der Waals surface area contributed by atoms with Gasteiger partial charge < -0.3 is 25.0 Å². The number of amides is 2. The number of methoxy groups -OCH3 is 1. The first kappa shape index (κ1) is 28.6. The van der Waals surface area contributed by atoms with Crippen molar-refractivity contribution in [3.05, 3.63) is 65.7 Å². The minimum Gasteiger partial charge on any atom is -0.497 e. The van der Waals surface area contributed by atoms with Gasteiger partial charge in [0.1, 0.15) is 5.75 Å². The smallest absolute Gasteiger partial charge is 0.490 e. The normalized spacial score (nSPS) is 13.3. The van der Waals surface area contributed by atoms with Crippen LogP contribution in [0.5, 0.6) is 5.75 Å². The Labute approximate surface area is 207 Å². The number of nitrogens with zero attached hydrogens (tertiary/aromatic N) is 2. The quantitative estimate of drug-likeness (QED) is 0.568. The van der Waals surface area contributed by atoms with Crippen molar-refractivity contribution in [2.24, 2.45) is 0 Å². The predicted octanol–water partition coefficient (Wildman–Crippen LogP) is 2.84. The molecule has 0 aromatic heterocycles. The van der Waals surface area contributed by atoms with Gasteiger partial charge in [-0.05, 0) is 30.2 Å². The molecule has 0 aliphatic carbocycles. The number of halogens is 3. The van der Waals surface area contributed by atoms with E-state index >= 15 is 0 Å². The van der Waals surface area contributed by atoms with Gasteiger partial charge in [0.2, 0.25) is 5.91 Å². The highest BCUT2D eigenvalue weighted by molar-refractivity contribution is 5.95. The Hall–Kier alpha value is -3.60. The second-order valence-electron chi connectivity index (χ2n) is 7.94. The zero-order chi connectivity index (χ0) is 26.6. The van der Waals surface area contributed by atoms with Crippen LogP contribution in [-0.4, -0.2) is 85.2 Å². The molecule has 0 unspecified atom stereocenters. The summed E-state index contributed by atoms with van der Waals surface area (Å²) in [5.74, 6) is -2.08. The maximum absolute atomic E-state index is 13.2. The number of hydrogen-bond acceptors (Lipinski definition) is 5. The second kappa shape index (κ2) is 14.1. The van der Waals surface area contributed by atoms with Gasteiger partial charge in [-0.25, -0.2) is 4.79 Å². The second-order valence-corrected chi connectivity index (χ2v) is 7.94. The highest BCUT2D eigenvalue weighted by Gasteiger charge is 2.38. The fourth-order valence-electron chi connectivity index (χ4n) is 3.47. The van der Waals surface area contributed by atoms with Gasteiger partial charge in [-0.2, -0.15) is 13.2 Å². The summed E-state index contributed by atoms with van der Waals surface area (Å²) >= 11 is 0. The number of alkyl halides is 3. The van der Waals surface area contributed by atoms with E-state index < -0.39 is 12.1 Å². The molecule has 8 nitrogen and oxygen atoms in total. The Bertz CT molecular complexity index is 996. The van der Waals surface area contributed by atoms with Crippen LogP contribution in [0, 0.1) is 0 Å². The summed E-state index contributed by atoms with van der Waals surface area (Å²) in [5, 5.41) is 10.4. The van der Waals surface area contributed by atoms with Crippen LogP contribution in [0.25, 0.3) is 0 Å². The van der Waals surface area contributed by atoms with E-state index in [9.17, 15) is 22.8 Å². The predicted molar refractivity (Wildman–Crippen MR) is 127 cm³/mol. The third-order valence-corrected chi connectivity index (χ3v) is 5.42. The van der Waals surface area contributed by atoms with E-state index in [2.05, 4.69) is 17.4 Å². The van der Waals surface area contributed by atoms with E-state index in [4.69, 9.17) is 14.6 Å². The zero-order valence-corrected chi connectivity index (χ0v) is 20.0. The highest BCUT2D eigenvalue weighted by Crippen LogP contribution is 2.16. The van der Waals surface area contributed by atoms with Crippen LogP contribution >= 0.6 is 0 Å². The molecule has 36 heavy (non-hydrogen) atoms. The molecule has 11 heteroatoms. The standard InChI is InChI=1S/C23H29N3O3.C2HF3O2/c1-29-21-9-5-8-20(18-21)23(28)26(14-10-19-6-3-2-4-7-19)15-11-22(27)25-16-12-24-13-17-25;3-2(4,5)1(6)7/h2-9,18,24H,10-17H2,1H3;(H,6,7). The molecule has 0 atom stereocenters. The Kier molecular flexibility index (Phi) is 11.2. The summed E-state index contributed by atoms with van der Waals surface area (Å²) in [6.45, 7) is 4.08. The first-order chi connectivity index (χ1) is 17.1. The summed E-state index contributed by atoms with van der Waals surface area (Å²) in [6, 6.07) is 17.3. The lowest BCUT2D eigenvalue weighted by molar-refractivity contribution is -0.192. The molecule has 0 spiro atoms. The van der Waals surface area contributed by atoms with E-state index in [-0.39, 0.29) is 11.8 Å². The lowest BCUT2D eigenvalue weighted by atomic mass is 10.1. The number of carboxylic acids is 1. The number of hydrogen-bond donors (Lipinski definition) is 2. The van der Waals surface area contributed by atoms with Gasteiger partial charge in [0, 0.05) is 51.3 Å². The van der Waals surface area contributed by atoms with Gasteiger partial charge in [0.25, 0.3) is 5.91 Å². The van der Waals surface area contributed by atoms with Crippen molar-refractivity contribution in [3.8, 4) is 5.75 Å². The topological polar surface area (TPSA) is 99.2 Å². The lowest BCUT2D eigenvalue weighted by Crippen LogP contribution is -2.47. The number of nitrogens with one attached hydrogen (secondary N) is 1. The monoisotopic (exact) mass is 509 g/mol. The molecule has 0 saturated carbocycles.